The fourth-order valence-corrected chi connectivity index (χ4v) is 4.42. The van der Waals surface area contributed by atoms with Crippen LogP contribution in [0.25, 0.3) is 0 Å². The third-order valence-electron chi connectivity index (χ3n) is 5.87. The molecule has 1 aliphatic carbocycles. The summed E-state index contributed by atoms with van der Waals surface area (Å²) in [6.45, 7) is 6.38. The van der Waals surface area contributed by atoms with Crippen molar-refractivity contribution >= 4 is 11.6 Å². The van der Waals surface area contributed by atoms with Crippen LogP contribution in [0, 0.1) is 5.41 Å². The summed E-state index contributed by atoms with van der Waals surface area (Å²) in [5.41, 5.74) is 5.99. The summed E-state index contributed by atoms with van der Waals surface area (Å²) in [6, 6.07) is 6.94. The molecule has 2 heterocycles. The van der Waals surface area contributed by atoms with Crippen LogP contribution in [0.4, 0.5) is 0 Å². The summed E-state index contributed by atoms with van der Waals surface area (Å²) >= 11 is 6.06. The molecule has 0 spiro atoms. The smallest absolute Gasteiger partial charge is 0.215 e. The summed E-state index contributed by atoms with van der Waals surface area (Å²) in [5, 5.41) is 17.8. The minimum atomic E-state index is -0.557. The van der Waals surface area contributed by atoms with Crippen LogP contribution in [0.2, 0.25) is 5.02 Å². The molecule has 0 unspecified atom stereocenters. The number of nitrogens with zero attached hydrogens (tertiary/aromatic N) is 7. The van der Waals surface area contributed by atoms with Crippen LogP contribution in [0.5, 0.6) is 5.75 Å². The van der Waals surface area contributed by atoms with Crippen molar-refractivity contribution in [1.29, 1.82) is 0 Å². The molecule has 31 heavy (non-hydrogen) atoms. The van der Waals surface area contributed by atoms with Crippen LogP contribution in [-0.4, -0.2) is 35.0 Å². The van der Waals surface area contributed by atoms with Crippen molar-refractivity contribution < 1.29 is 4.74 Å². The van der Waals surface area contributed by atoms with Gasteiger partial charge in [0.2, 0.25) is 6.23 Å². The van der Waals surface area contributed by atoms with Crippen molar-refractivity contribution in [3.63, 3.8) is 0 Å². The number of aromatic nitrogens is 7. The maximum Gasteiger partial charge on any atom is 0.215 e. The molecule has 0 saturated heterocycles. The first-order valence-corrected chi connectivity index (χ1v) is 11.0. The highest BCUT2D eigenvalue weighted by molar-refractivity contribution is 6.30. The summed E-state index contributed by atoms with van der Waals surface area (Å²) in [6.07, 6.45) is 7.61. The topological polar surface area (TPSA) is 110 Å². The normalized spacial score (nSPS) is 18.5. The monoisotopic (exact) mass is 444 g/mol. The van der Waals surface area contributed by atoms with Gasteiger partial charge in [0.05, 0.1) is 5.54 Å². The number of halogens is 1. The van der Waals surface area contributed by atoms with E-state index in [-0.39, 0.29) is 11.5 Å². The minimum Gasteiger partial charge on any atom is -0.466 e. The lowest BCUT2D eigenvalue weighted by molar-refractivity contribution is -0.00272. The van der Waals surface area contributed by atoms with Gasteiger partial charge < -0.3 is 10.5 Å². The van der Waals surface area contributed by atoms with E-state index in [0.29, 0.717) is 16.6 Å². The van der Waals surface area contributed by atoms with E-state index in [2.05, 4.69) is 46.4 Å². The largest absolute Gasteiger partial charge is 0.466 e. The van der Waals surface area contributed by atoms with Gasteiger partial charge in [-0.25, -0.2) is 14.3 Å². The molecular formula is C21H29ClN8O. The minimum absolute atomic E-state index is 0.293. The molecule has 9 nitrogen and oxygen atoms in total. The van der Waals surface area contributed by atoms with Gasteiger partial charge >= 0.3 is 0 Å². The number of benzene rings is 1. The van der Waals surface area contributed by atoms with Crippen LogP contribution in [-0.2, 0) is 5.54 Å². The zero-order chi connectivity index (χ0) is 22.1. The van der Waals surface area contributed by atoms with Gasteiger partial charge in [-0.05, 0) is 52.9 Å². The zero-order valence-electron chi connectivity index (χ0n) is 18.1. The maximum atomic E-state index is 6.84. The molecule has 0 bridgehead atoms. The quantitative estimate of drug-likeness (QED) is 0.613. The van der Waals surface area contributed by atoms with E-state index in [1.807, 2.05) is 16.8 Å². The zero-order valence-corrected chi connectivity index (χ0v) is 18.9. The Morgan fingerprint density at radius 3 is 2.45 bits per heavy atom. The Bertz CT molecular complexity index is 974. The van der Waals surface area contributed by atoms with Crippen LogP contribution in [0.15, 0.2) is 36.9 Å². The van der Waals surface area contributed by atoms with Crippen LogP contribution in [0.1, 0.15) is 71.0 Å². The van der Waals surface area contributed by atoms with E-state index >= 15 is 0 Å². The lowest BCUT2D eigenvalue weighted by Crippen LogP contribution is -2.45. The first-order chi connectivity index (χ1) is 14.8. The Hall–Kier alpha value is -2.52. The second-order valence-corrected chi connectivity index (χ2v) is 9.75. The van der Waals surface area contributed by atoms with Crippen molar-refractivity contribution in [2.24, 2.45) is 11.1 Å². The molecular weight excluding hydrogens is 416 g/mol. The molecule has 1 fully saturated rings. The number of hydrogen-bond donors (Lipinski definition) is 1. The van der Waals surface area contributed by atoms with Crippen LogP contribution in [0.3, 0.4) is 0 Å². The van der Waals surface area contributed by atoms with Gasteiger partial charge in [0, 0.05) is 5.02 Å². The Kier molecular flexibility index (Phi) is 5.98. The molecule has 3 aromatic rings. The van der Waals surface area contributed by atoms with Crippen LogP contribution < -0.4 is 10.5 Å². The van der Waals surface area contributed by atoms with Crippen molar-refractivity contribution in [1.82, 2.24) is 35.0 Å². The van der Waals surface area contributed by atoms with Crippen molar-refractivity contribution in [2.75, 3.05) is 0 Å². The molecule has 0 radical (unpaired) electrons. The third kappa shape index (κ3) is 4.57. The fraction of sp³-hybridized carbons (Fsp3) is 0.571. The Morgan fingerprint density at radius 1 is 1.13 bits per heavy atom. The highest BCUT2D eigenvalue weighted by Gasteiger charge is 2.44. The predicted octanol–water partition coefficient (Wildman–Crippen LogP) is 3.90. The average Bonchev–Trinajstić information content (AvgIpc) is 3.41. The average molecular weight is 445 g/mol. The van der Waals surface area contributed by atoms with E-state index in [9.17, 15) is 0 Å². The molecule has 2 aromatic heterocycles. The van der Waals surface area contributed by atoms with E-state index in [1.54, 1.807) is 23.1 Å². The van der Waals surface area contributed by atoms with E-state index in [4.69, 9.17) is 22.1 Å². The van der Waals surface area contributed by atoms with E-state index in [0.717, 1.165) is 25.7 Å². The van der Waals surface area contributed by atoms with Gasteiger partial charge in [-0.1, -0.05) is 51.6 Å². The number of hydrogen-bond acceptors (Lipinski definition) is 7. The second kappa shape index (κ2) is 8.55. The summed E-state index contributed by atoms with van der Waals surface area (Å²) < 4.78 is 9.98. The van der Waals surface area contributed by atoms with E-state index in [1.165, 1.54) is 12.7 Å². The molecule has 0 amide bonds. The van der Waals surface area contributed by atoms with Gasteiger partial charge in [-0.3, -0.25) is 0 Å². The van der Waals surface area contributed by atoms with E-state index < -0.39 is 11.8 Å². The SMILES string of the molecule is CC(C)(C)[C@H]([C@@H](Oc1ccc(Cl)cc1)n1cncn1)n1nnnc1C1(N)CCCCC1. The summed E-state index contributed by atoms with van der Waals surface area (Å²) in [4.78, 5) is 4.14. The Balaban J connectivity index is 1.79. The van der Waals surface area contributed by atoms with Gasteiger partial charge in [-0.2, -0.15) is 5.10 Å². The highest BCUT2D eigenvalue weighted by Crippen LogP contribution is 2.43. The van der Waals surface area contributed by atoms with Gasteiger partial charge in [-0.15, -0.1) is 5.10 Å². The molecule has 2 N–H and O–H groups in total. The number of rotatable bonds is 6. The fourth-order valence-electron chi connectivity index (χ4n) is 4.29. The molecule has 2 atom stereocenters. The molecule has 1 aromatic carbocycles. The maximum absolute atomic E-state index is 6.84. The standard InChI is InChI=1S/C21H29ClN8O/c1-20(2,3)17(30-19(26-27-28-30)21(23)11-5-4-6-12-21)18(29-14-24-13-25-29)31-16-9-7-15(22)8-10-16/h7-10,13-14,17-18H,4-6,11-12,23H2,1-3H3/t17-,18+/m0/s1. The molecule has 1 aliphatic rings. The number of tetrazole rings is 1. The highest BCUT2D eigenvalue weighted by atomic mass is 35.5. The molecule has 1 saturated carbocycles. The Labute approximate surface area is 186 Å². The first kappa shape index (κ1) is 21.7. The summed E-state index contributed by atoms with van der Waals surface area (Å²) in [7, 11) is 0. The van der Waals surface area contributed by atoms with Crippen LogP contribution >= 0.6 is 11.6 Å². The predicted molar refractivity (Wildman–Crippen MR) is 116 cm³/mol. The van der Waals surface area contributed by atoms with Gasteiger partial charge in [0.25, 0.3) is 0 Å². The second-order valence-electron chi connectivity index (χ2n) is 9.31. The van der Waals surface area contributed by atoms with Crippen molar-refractivity contribution in [3.05, 3.63) is 47.8 Å². The molecule has 166 valence electrons. The van der Waals surface area contributed by atoms with Crippen molar-refractivity contribution in [3.8, 4) is 5.75 Å². The molecule has 10 heteroatoms. The lowest BCUT2D eigenvalue weighted by Gasteiger charge is -2.39. The number of ether oxygens (including phenoxy) is 1. The van der Waals surface area contributed by atoms with Crippen molar-refractivity contribution in [2.45, 2.75) is 70.7 Å². The van der Waals surface area contributed by atoms with Gasteiger partial charge in [0.15, 0.2) is 5.82 Å². The number of nitrogens with two attached hydrogens (primary N) is 1. The third-order valence-corrected chi connectivity index (χ3v) is 6.12. The molecule has 0 aliphatic heterocycles. The van der Waals surface area contributed by atoms with Gasteiger partial charge in [0.1, 0.15) is 24.4 Å². The lowest BCUT2D eigenvalue weighted by atomic mass is 9.80. The Morgan fingerprint density at radius 2 is 1.84 bits per heavy atom. The molecule has 4 rings (SSSR count). The summed E-state index contributed by atoms with van der Waals surface area (Å²) in [5.74, 6) is 1.35. The first-order valence-electron chi connectivity index (χ1n) is 10.6.